The van der Waals surface area contributed by atoms with E-state index in [9.17, 15) is 8.42 Å². The van der Waals surface area contributed by atoms with Crippen LogP contribution in [0.5, 0.6) is 0 Å². The lowest BCUT2D eigenvalue weighted by atomic mass is 10.2. The van der Waals surface area contributed by atoms with Crippen molar-refractivity contribution in [2.45, 2.75) is 31.1 Å². The van der Waals surface area contributed by atoms with Crippen molar-refractivity contribution < 1.29 is 8.42 Å². The number of hydrogen-bond acceptors (Lipinski definition) is 4. The Balaban J connectivity index is 1.56. The van der Waals surface area contributed by atoms with Crippen LogP contribution < -0.4 is 4.72 Å². The first-order valence-electron chi connectivity index (χ1n) is 8.61. The second-order valence-corrected chi connectivity index (χ2v) is 7.81. The maximum absolute atomic E-state index is 12.0. The zero-order valence-corrected chi connectivity index (χ0v) is 14.9. The summed E-state index contributed by atoms with van der Waals surface area (Å²) in [6.45, 7) is 9.68. The molecule has 0 saturated carbocycles. The highest BCUT2D eigenvalue weighted by Gasteiger charge is 2.15. The van der Waals surface area contributed by atoms with Crippen molar-refractivity contribution in [3.8, 4) is 0 Å². The smallest absolute Gasteiger partial charge is 0.240 e. The van der Waals surface area contributed by atoms with E-state index in [1.165, 1.54) is 13.1 Å². The van der Waals surface area contributed by atoms with E-state index >= 15 is 0 Å². The van der Waals surface area contributed by atoms with Crippen molar-refractivity contribution >= 4 is 10.0 Å². The van der Waals surface area contributed by atoms with Gasteiger partial charge >= 0.3 is 0 Å². The van der Waals surface area contributed by atoms with Gasteiger partial charge in [0.1, 0.15) is 0 Å². The average molecular weight is 340 g/mol. The van der Waals surface area contributed by atoms with Crippen LogP contribution in [0.1, 0.15) is 26.2 Å². The molecule has 0 unspecified atom stereocenters. The number of benzene rings is 1. The van der Waals surface area contributed by atoms with Crippen molar-refractivity contribution in [3.05, 3.63) is 30.3 Å². The average Bonchev–Trinajstić information content (AvgIpc) is 2.59. The fourth-order valence-corrected chi connectivity index (χ4v) is 3.95. The molecule has 23 heavy (non-hydrogen) atoms. The third-order valence-corrected chi connectivity index (χ3v) is 5.89. The van der Waals surface area contributed by atoms with Gasteiger partial charge in [-0.25, -0.2) is 13.1 Å². The minimum atomic E-state index is -3.34. The molecule has 0 atom stereocenters. The second-order valence-electron chi connectivity index (χ2n) is 6.05. The van der Waals surface area contributed by atoms with Gasteiger partial charge in [0, 0.05) is 32.7 Å². The summed E-state index contributed by atoms with van der Waals surface area (Å²) in [6, 6.07) is 8.55. The number of piperazine rings is 1. The van der Waals surface area contributed by atoms with Crippen molar-refractivity contribution in [1.82, 2.24) is 14.5 Å². The molecule has 0 spiro atoms. The van der Waals surface area contributed by atoms with Gasteiger partial charge in [-0.1, -0.05) is 31.5 Å². The number of rotatable bonds is 9. The van der Waals surface area contributed by atoms with Gasteiger partial charge < -0.3 is 9.80 Å². The summed E-state index contributed by atoms with van der Waals surface area (Å²) in [6.07, 6.45) is 3.09. The highest BCUT2D eigenvalue weighted by Crippen LogP contribution is 2.08. The Morgan fingerprint density at radius 2 is 1.61 bits per heavy atom. The number of unbranched alkanes of at least 4 members (excludes halogenated alkanes) is 2. The molecule has 130 valence electrons. The number of nitrogens with zero attached hydrogens (tertiary/aromatic N) is 2. The van der Waals surface area contributed by atoms with Crippen LogP contribution in [0.4, 0.5) is 0 Å². The highest BCUT2D eigenvalue weighted by molar-refractivity contribution is 7.89. The molecule has 1 fully saturated rings. The van der Waals surface area contributed by atoms with Crippen molar-refractivity contribution in [1.29, 1.82) is 0 Å². The summed E-state index contributed by atoms with van der Waals surface area (Å²) in [5.41, 5.74) is 0. The van der Waals surface area contributed by atoms with Gasteiger partial charge in [-0.2, -0.15) is 0 Å². The van der Waals surface area contributed by atoms with Gasteiger partial charge in [0.25, 0.3) is 0 Å². The highest BCUT2D eigenvalue weighted by atomic mass is 32.2. The SMILES string of the molecule is CCN1CCN(CCCCCNS(=O)(=O)c2ccccc2)CC1. The predicted molar refractivity (Wildman–Crippen MR) is 94.0 cm³/mol. The Hall–Kier alpha value is -0.950. The summed E-state index contributed by atoms with van der Waals surface area (Å²) < 4.78 is 26.8. The van der Waals surface area contributed by atoms with Gasteiger partial charge in [0.2, 0.25) is 10.0 Å². The van der Waals surface area contributed by atoms with Crippen LogP contribution in [0.2, 0.25) is 0 Å². The van der Waals surface area contributed by atoms with E-state index in [-0.39, 0.29) is 0 Å². The van der Waals surface area contributed by atoms with E-state index in [0.29, 0.717) is 11.4 Å². The fraction of sp³-hybridized carbons (Fsp3) is 0.647. The Kier molecular flexibility index (Phi) is 7.49. The van der Waals surface area contributed by atoms with Crippen molar-refractivity contribution in [2.75, 3.05) is 45.8 Å². The topological polar surface area (TPSA) is 52.6 Å². The second kappa shape index (κ2) is 9.37. The molecular weight excluding hydrogens is 310 g/mol. The molecule has 1 aromatic carbocycles. The predicted octanol–water partition coefficient (Wildman–Crippen LogP) is 1.77. The lowest BCUT2D eigenvalue weighted by Gasteiger charge is -2.33. The van der Waals surface area contributed by atoms with Crippen LogP contribution in [-0.4, -0.2) is 64.0 Å². The monoisotopic (exact) mass is 339 g/mol. The van der Waals surface area contributed by atoms with E-state index in [4.69, 9.17) is 0 Å². The summed E-state index contributed by atoms with van der Waals surface area (Å²) in [7, 11) is -3.34. The molecule has 0 bridgehead atoms. The first-order valence-corrected chi connectivity index (χ1v) is 10.1. The minimum Gasteiger partial charge on any atom is -0.301 e. The molecule has 1 N–H and O–H groups in total. The summed E-state index contributed by atoms with van der Waals surface area (Å²) in [4.78, 5) is 5.34. The standard InChI is InChI=1S/C17H29N3O2S/c1-2-19-13-15-20(16-14-19)12-8-4-7-11-18-23(21,22)17-9-5-3-6-10-17/h3,5-6,9-10,18H,2,4,7-8,11-16H2,1H3. The Bertz CT molecular complexity index is 540. The van der Waals surface area contributed by atoms with E-state index in [2.05, 4.69) is 21.4 Å². The third kappa shape index (κ3) is 6.22. The molecule has 1 heterocycles. The normalized spacial score (nSPS) is 17.4. The Morgan fingerprint density at radius 1 is 0.957 bits per heavy atom. The van der Waals surface area contributed by atoms with E-state index in [1.807, 2.05) is 6.07 Å². The van der Waals surface area contributed by atoms with Crippen LogP contribution in [0.3, 0.4) is 0 Å². The maximum Gasteiger partial charge on any atom is 0.240 e. The molecular formula is C17H29N3O2S. The van der Waals surface area contributed by atoms with Crippen molar-refractivity contribution in [3.63, 3.8) is 0 Å². The third-order valence-electron chi connectivity index (χ3n) is 4.41. The van der Waals surface area contributed by atoms with Crippen LogP contribution in [0, 0.1) is 0 Å². The molecule has 0 aromatic heterocycles. The molecule has 5 nitrogen and oxygen atoms in total. The van der Waals surface area contributed by atoms with E-state index < -0.39 is 10.0 Å². The van der Waals surface area contributed by atoms with Crippen molar-refractivity contribution in [2.24, 2.45) is 0 Å². The molecule has 1 aliphatic heterocycles. The molecule has 0 radical (unpaired) electrons. The largest absolute Gasteiger partial charge is 0.301 e. The number of likely N-dealkylation sites (N-methyl/N-ethyl adjacent to an activating group) is 1. The van der Waals surface area contributed by atoms with Crippen LogP contribution >= 0.6 is 0 Å². The minimum absolute atomic E-state index is 0.341. The number of hydrogen-bond donors (Lipinski definition) is 1. The first-order chi connectivity index (χ1) is 11.1. The van der Waals surface area contributed by atoms with Crippen LogP contribution in [0.25, 0.3) is 0 Å². The lowest BCUT2D eigenvalue weighted by molar-refractivity contribution is 0.135. The maximum atomic E-state index is 12.0. The van der Waals surface area contributed by atoms with Gasteiger partial charge in [-0.05, 0) is 38.1 Å². The van der Waals surface area contributed by atoms with E-state index in [1.54, 1.807) is 24.3 Å². The summed E-state index contributed by atoms with van der Waals surface area (Å²) >= 11 is 0. The molecule has 1 aliphatic rings. The van der Waals surface area contributed by atoms with Gasteiger partial charge in [0.15, 0.2) is 0 Å². The Labute approximate surface area is 140 Å². The van der Waals surface area contributed by atoms with Crippen LogP contribution in [-0.2, 0) is 10.0 Å². The molecule has 0 amide bonds. The van der Waals surface area contributed by atoms with Gasteiger partial charge in [-0.3, -0.25) is 0 Å². The Morgan fingerprint density at radius 3 is 2.26 bits per heavy atom. The fourth-order valence-electron chi connectivity index (χ4n) is 2.86. The van der Waals surface area contributed by atoms with Crippen LogP contribution in [0.15, 0.2) is 35.2 Å². The number of nitrogens with one attached hydrogen (secondary N) is 1. The zero-order valence-electron chi connectivity index (χ0n) is 14.1. The quantitative estimate of drug-likeness (QED) is 0.697. The molecule has 1 saturated heterocycles. The van der Waals surface area contributed by atoms with Gasteiger partial charge in [-0.15, -0.1) is 0 Å². The molecule has 2 rings (SSSR count). The summed E-state index contributed by atoms with van der Waals surface area (Å²) in [5, 5.41) is 0. The first kappa shape index (κ1) is 18.4. The number of sulfonamides is 1. The zero-order chi connectivity index (χ0) is 16.5. The molecule has 0 aliphatic carbocycles. The molecule has 1 aromatic rings. The molecule has 6 heteroatoms. The lowest BCUT2D eigenvalue weighted by Crippen LogP contribution is -2.46. The van der Waals surface area contributed by atoms with E-state index in [0.717, 1.165) is 45.4 Å². The summed E-state index contributed by atoms with van der Waals surface area (Å²) in [5.74, 6) is 0. The van der Waals surface area contributed by atoms with Gasteiger partial charge in [0.05, 0.1) is 4.90 Å².